The van der Waals surface area contributed by atoms with Crippen molar-refractivity contribution < 1.29 is 14.1 Å². The molecule has 2 atom stereocenters. The second-order valence-electron chi connectivity index (χ2n) is 0.283. The molecule has 0 fully saturated rings. The minimum atomic E-state index is -3.13. The second kappa shape index (κ2) is 9.08. The Labute approximate surface area is 43.9 Å². The van der Waals surface area contributed by atoms with Crippen LogP contribution in [0, 0.1) is 0 Å². The third-order valence-electron chi connectivity index (χ3n) is 0. The molecule has 2 unspecified atom stereocenters. The van der Waals surface area contributed by atoms with Gasteiger partial charge in [0.15, 0.2) is 0 Å². The molecule has 0 aromatic rings. The molecule has 0 heterocycles. The van der Waals surface area contributed by atoms with E-state index in [9.17, 15) is 0 Å². The molecule has 0 bridgehead atoms. The molecule has 0 aromatic carbocycles. The lowest BCUT2D eigenvalue weighted by Gasteiger charge is -1.55. The van der Waals surface area contributed by atoms with Crippen LogP contribution in [0.15, 0.2) is 0 Å². The van der Waals surface area contributed by atoms with E-state index in [2.05, 4.69) is 0 Å². The Balaban J connectivity index is -0.0000000450. The van der Waals surface area contributed by atoms with Crippen LogP contribution in [-0.4, -0.2) is 18.8 Å². The average molecular weight is 146 g/mol. The molecule has 0 aromatic heterocycles. The van der Waals surface area contributed by atoms with Gasteiger partial charge in [0.05, 0.1) is 0 Å². The smallest absolute Gasteiger partial charge is 0.511 e. The zero-order valence-corrected chi connectivity index (χ0v) is 7.05. The first-order valence-corrected chi connectivity index (χ1v) is 1.95. The maximum Gasteiger partial charge on any atom is 0.761 e. The van der Waals surface area contributed by atoms with Gasteiger partial charge in [-0.25, -0.2) is 0 Å². The Morgan fingerprint density at radius 1 is 1.17 bits per heavy atom. The molecule has 0 spiro atoms. The van der Waals surface area contributed by atoms with E-state index in [1.807, 2.05) is 0 Å². The summed E-state index contributed by atoms with van der Waals surface area (Å²) in [4.78, 5) is 14.3. The zero-order valence-electron chi connectivity index (χ0n) is 3.22. The minimum Gasteiger partial charge on any atom is -0.511 e. The quantitative estimate of drug-likeness (QED) is 0.323. The molecule has 0 saturated heterocycles. The van der Waals surface area contributed by atoms with Gasteiger partial charge in [0.2, 0.25) is 0 Å². The van der Waals surface area contributed by atoms with E-state index in [1.54, 1.807) is 0 Å². The fraction of sp³-hybridized carbons (Fsp3) is 0. The summed E-state index contributed by atoms with van der Waals surface area (Å²) >= 11 is 0. The fourth-order valence-electron chi connectivity index (χ4n) is 0. The van der Waals surface area contributed by atoms with Crippen LogP contribution < -0.4 is 0 Å². The van der Waals surface area contributed by atoms with Crippen molar-refractivity contribution in [1.29, 1.82) is 0 Å². The normalized spacial score (nSPS) is 4.00. The first-order chi connectivity index (χ1) is 1.73. The molecule has 0 amide bonds. The van der Waals surface area contributed by atoms with Gasteiger partial charge in [0, 0.05) is 0 Å². The minimum absolute atomic E-state index is 0. The summed E-state index contributed by atoms with van der Waals surface area (Å²) in [5, 5.41) is 0. The monoisotopic (exact) mass is 146 g/mol. The summed E-state index contributed by atoms with van der Waals surface area (Å²) in [6, 6.07) is 0. The predicted octanol–water partition coefficient (Wildman–Crippen LogP) is -1.50. The first-order valence-electron chi connectivity index (χ1n) is 0.651. The molecule has 0 aliphatic heterocycles. The van der Waals surface area contributed by atoms with Gasteiger partial charge >= 0.3 is 9.17 Å². The molecule has 0 aliphatic carbocycles. The molecule has 0 aliphatic rings. The van der Waals surface area contributed by atoms with Gasteiger partial charge in [-0.05, 0) is 0 Å². The van der Waals surface area contributed by atoms with Crippen molar-refractivity contribution in [2.24, 2.45) is 0 Å². The van der Waals surface area contributed by atoms with E-state index < -0.39 is 9.17 Å². The average Bonchev–Trinajstić information content (AvgIpc) is 0.811. The standard InChI is InChI=1S/H2O3Si.2H3P/c1-4(2)3;;/h1-2H;2*1H3. The number of rotatable bonds is 0. The Hall–Kier alpha value is 0.477. The van der Waals surface area contributed by atoms with Gasteiger partial charge in [0.1, 0.15) is 0 Å². The van der Waals surface area contributed by atoms with Crippen LogP contribution in [-0.2, 0) is 4.46 Å². The molecule has 6 heavy (non-hydrogen) atoms. The zero-order chi connectivity index (χ0) is 3.58. The SMILES string of the molecule is O=[Si](O)O.P.P. The lowest BCUT2D eigenvalue weighted by Crippen LogP contribution is -1.90. The molecule has 0 rings (SSSR count). The van der Waals surface area contributed by atoms with Crippen molar-refractivity contribution in [3.63, 3.8) is 0 Å². The fourth-order valence-corrected chi connectivity index (χ4v) is 0. The molecule has 0 saturated carbocycles. The molecule has 0 radical (unpaired) electrons. The molecular weight excluding hydrogens is 138 g/mol. The molecular formula is H8O3P2Si. The van der Waals surface area contributed by atoms with E-state index in [-0.39, 0.29) is 19.8 Å². The number of hydrogen-bond donors (Lipinski definition) is 2. The van der Waals surface area contributed by atoms with Gasteiger partial charge in [-0.15, -0.1) is 0 Å². The van der Waals surface area contributed by atoms with E-state index >= 15 is 0 Å². The Kier molecular flexibility index (Phi) is 24.3. The highest BCUT2D eigenvalue weighted by atomic mass is 31.0. The van der Waals surface area contributed by atoms with Crippen LogP contribution in [0.25, 0.3) is 0 Å². The molecule has 2 N–H and O–H groups in total. The highest BCUT2D eigenvalue weighted by Crippen LogP contribution is 1.27. The first kappa shape index (κ1) is 16.1. The summed E-state index contributed by atoms with van der Waals surface area (Å²) in [5.41, 5.74) is 0. The van der Waals surface area contributed by atoms with E-state index in [0.717, 1.165) is 0 Å². The molecule has 40 valence electrons. The van der Waals surface area contributed by atoms with E-state index in [0.29, 0.717) is 0 Å². The summed E-state index contributed by atoms with van der Waals surface area (Å²) < 4.78 is 8.74. The van der Waals surface area contributed by atoms with Crippen LogP contribution >= 0.6 is 19.8 Å². The third-order valence-corrected chi connectivity index (χ3v) is 0. The van der Waals surface area contributed by atoms with Gasteiger partial charge in [0.25, 0.3) is 0 Å². The summed E-state index contributed by atoms with van der Waals surface area (Å²) in [6.07, 6.45) is 0. The van der Waals surface area contributed by atoms with Gasteiger partial charge < -0.3 is 9.59 Å². The summed E-state index contributed by atoms with van der Waals surface area (Å²) in [7, 11) is -3.13. The topological polar surface area (TPSA) is 57.5 Å². The van der Waals surface area contributed by atoms with Gasteiger partial charge in [-0.2, -0.15) is 19.8 Å². The molecule has 6 heteroatoms. The van der Waals surface area contributed by atoms with Gasteiger partial charge in [-0.1, -0.05) is 0 Å². The molecule has 3 nitrogen and oxygen atoms in total. The lowest BCUT2D eigenvalue weighted by molar-refractivity contribution is 0.330. The van der Waals surface area contributed by atoms with Crippen molar-refractivity contribution >= 4 is 29.0 Å². The highest BCUT2D eigenvalue weighted by molar-refractivity contribution is 6.92. The largest absolute Gasteiger partial charge is 0.761 e. The van der Waals surface area contributed by atoms with Crippen LogP contribution in [0.5, 0.6) is 0 Å². The Morgan fingerprint density at radius 2 is 1.17 bits per heavy atom. The maximum atomic E-state index is 8.74. The van der Waals surface area contributed by atoms with Crippen molar-refractivity contribution in [1.82, 2.24) is 0 Å². The van der Waals surface area contributed by atoms with Crippen LogP contribution in [0.3, 0.4) is 0 Å². The predicted molar refractivity (Wildman–Crippen MR) is 33.1 cm³/mol. The van der Waals surface area contributed by atoms with E-state index in [4.69, 9.17) is 14.1 Å². The maximum absolute atomic E-state index is 8.74. The Bertz CT molecular complexity index is 31.8. The van der Waals surface area contributed by atoms with Crippen molar-refractivity contribution in [3.05, 3.63) is 0 Å². The highest BCUT2D eigenvalue weighted by Gasteiger charge is 1.85. The Morgan fingerprint density at radius 3 is 1.17 bits per heavy atom. The number of hydrogen-bond acceptors (Lipinski definition) is 1. The van der Waals surface area contributed by atoms with Crippen molar-refractivity contribution in [2.75, 3.05) is 0 Å². The third kappa shape index (κ3) is 238. The van der Waals surface area contributed by atoms with Crippen molar-refractivity contribution in [2.45, 2.75) is 0 Å². The second-order valence-corrected chi connectivity index (χ2v) is 0.848. The van der Waals surface area contributed by atoms with Crippen molar-refractivity contribution in [3.8, 4) is 0 Å². The van der Waals surface area contributed by atoms with Gasteiger partial charge in [-0.3, -0.25) is 4.46 Å². The summed E-state index contributed by atoms with van der Waals surface area (Å²) in [5.74, 6) is 0. The van der Waals surface area contributed by atoms with Crippen LogP contribution in [0.2, 0.25) is 0 Å². The lowest BCUT2D eigenvalue weighted by atomic mass is 15.8. The van der Waals surface area contributed by atoms with Crippen LogP contribution in [0.1, 0.15) is 0 Å². The van der Waals surface area contributed by atoms with Crippen LogP contribution in [0.4, 0.5) is 0 Å². The summed E-state index contributed by atoms with van der Waals surface area (Å²) in [6.45, 7) is 0. The van der Waals surface area contributed by atoms with E-state index in [1.165, 1.54) is 0 Å².